The maximum absolute atomic E-state index is 12.1. The maximum Gasteiger partial charge on any atom is 0.227 e. The summed E-state index contributed by atoms with van der Waals surface area (Å²) in [6.45, 7) is 2.93. The Morgan fingerprint density at radius 2 is 2.53 bits per heavy atom. The van der Waals surface area contributed by atoms with E-state index in [2.05, 4.69) is 0 Å². The molecule has 1 fully saturated rings. The first-order valence-corrected chi connectivity index (χ1v) is 6.68. The van der Waals surface area contributed by atoms with Gasteiger partial charge in [0, 0.05) is 6.54 Å². The number of carbonyl (C=O) groups excluding carboxylic acids is 1. The van der Waals surface area contributed by atoms with Crippen molar-refractivity contribution in [2.24, 2.45) is 0 Å². The summed E-state index contributed by atoms with van der Waals surface area (Å²) in [7, 11) is 0. The molecule has 0 radical (unpaired) electrons. The van der Waals surface area contributed by atoms with Crippen LogP contribution in [0.1, 0.15) is 12.5 Å². The number of hydrogen-bond donors (Lipinski definition) is 1. The minimum atomic E-state index is -0.238. The molecule has 5 heteroatoms. The van der Waals surface area contributed by atoms with Crippen LogP contribution in [0, 0.1) is 0 Å². The Balaban J connectivity index is 1.97. The Morgan fingerprint density at radius 3 is 3.18 bits per heavy atom. The summed E-state index contributed by atoms with van der Waals surface area (Å²) in [4.78, 5) is 13.9. The van der Waals surface area contributed by atoms with Gasteiger partial charge in [-0.2, -0.15) is 11.3 Å². The summed E-state index contributed by atoms with van der Waals surface area (Å²) in [5, 5.41) is 13.0. The van der Waals surface area contributed by atoms with Crippen LogP contribution in [0.2, 0.25) is 0 Å². The van der Waals surface area contributed by atoms with Gasteiger partial charge in [0.15, 0.2) is 0 Å². The first-order valence-electron chi connectivity index (χ1n) is 5.73. The Bertz CT molecular complexity index is 366. The second kappa shape index (κ2) is 5.62. The van der Waals surface area contributed by atoms with Gasteiger partial charge in [0.1, 0.15) is 0 Å². The lowest BCUT2D eigenvalue weighted by Gasteiger charge is -2.37. The molecule has 94 valence electrons. The zero-order valence-corrected chi connectivity index (χ0v) is 10.7. The van der Waals surface area contributed by atoms with Gasteiger partial charge in [0.2, 0.25) is 5.91 Å². The Labute approximate surface area is 105 Å². The van der Waals surface area contributed by atoms with Crippen LogP contribution in [-0.4, -0.2) is 47.8 Å². The van der Waals surface area contributed by atoms with Crippen molar-refractivity contribution in [1.29, 1.82) is 0 Å². The highest BCUT2D eigenvalue weighted by Crippen LogP contribution is 2.15. The highest BCUT2D eigenvalue weighted by molar-refractivity contribution is 7.07. The Morgan fingerprint density at radius 1 is 1.71 bits per heavy atom. The quantitative estimate of drug-likeness (QED) is 0.873. The topological polar surface area (TPSA) is 49.8 Å². The van der Waals surface area contributed by atoms with Gasteiger partial charge in [0.25, 0.3) is 0 Å². The first kappa shape index (κ1) is 12.5. The normalized spacial score (nSPS) is 24.9. The third-order valence-corrected chi connectivity index (χ3v) is 3.70. The van der Waals surface area contributed by atoms with E-state index >= 15 is 0 Å². The molecule has 1 saturated heterocycles. The highest BCUT2D eigenvalue weighted by atomic mass is 32.1. The molecule has 2 atom stereocenters. The van der Waals surface area contributed by atoms with E-state index in [1.165, 1.54) is 0 Å². The standard InChI is InChI=1S/C12H17NO3S/c1-9-7-16-11(6-14)5-13(9)12(15)4-10-2-3-17-8-10/h2-3,8-9,11,14H,4-7H2,1H3. The van der Waals surface area contributed by atoms with E-state index in [-0.39, 0.29) is 24.7 Å². The monoisotopic (exact) mass is 255 g/mol. The smallest absolute Gasteiger partial charge is 0.227 e. The fourth-order valence-corrected chi connectivity index (χ4v) is 2.61. The van der Waals surface area contributed by atoms with Gasteiger partial charge in [-0.1, -0.05) is 0 Å². The summed E-state index contributed by atoms with van der Waals surface area (Å²) in [5.41, 5.74) is 1.05. The molecule has 0 saturated carbocycles. The van der Waals surface area contributed by atoms with Crippen LogP contribution in [0.25, 0.3) is 0 Å². The van der Waals surface area contributed by atoms with E-state index in [1.807, 2.05) is 28.7 Å². The summed E-state index contributed by atoms with van der Waals surface area (Å²) < 4.78 is 5.41. The number of carbonyl (C=O) groups is 1. The van der Waals surface area contributed by atoms with E-state index in [9.17, 15) is 4.79 Å². The van der Waals surface area contributed by atoms with Crippen LogP contribution in [0.5, 0.6) is 0 Å². The van der Waals surface area contributed by atoms with Crippen molar-refractivity contribution in [2.75, 3.05) is 19.8 Å². The number of rotatable bonds is 3. The van der Waals surface area contributed by atoms with Gasteiger partial charge in [-0.25, -0.2) is 0 Å². The molecule has 1 aromatic rings. The van der Waals surface area contributed by atoms with E-state index in [4.69, 9.17) is 9.84 Å². The number of hydrogen-bond acceptors (Lipinski definition) is 4. The molecule has 2 heterocycles. The van der Waals surface area contributed by atoms with Crippen molar-refractivity contribution in [3.05, 3.63) is 22.4 Å². The van der Waals surface area contributed by atoms with E-state index in [0.29, 0.717) is 19.6 Å². The Hall–Kier alpha value is -0.910. The molecule has 0 aliphatic carbocycles. The van der Waals surface area contributed by atoms with Crippen LogP contribution in [0.3, 0.4) is 0 Å². The number of morpholine rings is 1. The van der Waals surface area contributed by atoms with Gasteiger partial charge in [-0.05, 0) is 29.3 Å². The third-order valence-electron chi connectivity index (χ3n) is 2.96. The molecule has 17 heavy (non-hydrogen) atoms. The second-order valence-electron chi connectivity index (χ2n) is 4.34. The maximum atomic E-state index is 12.1. The van der Waals surface area contributed by atoms with Crippen LogP contribution < -0.4 is 0 Å². The summed E-state index contributed by atoms with van der Waals surface area (Å²) >= 11 is 1.60. The van der Waals surface area contributed by atoms with Gasteiger partial charge in [-0.3, -0.25) is 4.79 Å². The van der Waals surface area contributed by atoms with Crippen molar-refractivity contribution < 1.29 is 14.6 Å². The Kier molecular flexibility index (Phi) is 4.15. The van der Waals surface area contributed by atoms with Crippen molar-refractivity contribution >= 4 is 17.2 Å². The fourth-order valence-electron chi connectivity index (χ4n) is 1.94. The van der Waals surface area contributed by atoms with Crippen LogP contribution in [-0.2, 0) is 16.0 Å². The lowest BCUT2D eigenvalue weighted by Crippen LogP contribution is -2.52. The lowest BCUT2D eigenvalue weighted by molar-refractivity contribution is -0.145. The second-order valence-corrected chi connectivity index (χ2v) is 5.12. The number of nitrogens with zero attached hydrogens (tertiary/aromatic N) is 1. The van der Waals surface area contributed by atoms with Crippen LogP contribution in [0.15, 0.2) is 16.8 Å². The molecule has 0 aromatic carbocycles. The lowest BCUT2D eigenvalue weighted by atomic mass is 10.1. The minimum Gasteiger partial charge on any atom is -0.394 e. The number of aliphatic hydroxyl groups excluding tert-OH is 1. The van der Waals surface area contributed by atoms with E-state index in [1.54, 1.807) is 11.3 Å². The van der Waals surface area contributed by atoms with Crippen LogP contribution >= 0.6 is 11.3 Å². The highest BCUT2D eigenvalue weighted by Gasteiger charge is 2.29. The number of aliphatic hydroxyl groups is 1. The average Bonchev–Trinajstić information content (AvgIpc) is 2.82. The molecular weight excluding hydrogens is 238 g/mol. The number of thiophene rings is 1. The molecule has 1 aromatic heterocycles. The predicted octanol–water partition coefficient (Wildman–Crippen LogP) is 0.899. The SMILES string of the molecule is CC1COC(CO)CN1C(=O)Cc1ccsc1. The van der Waals surface area contributed by atoms with Gasteiger partial charge >= 0.3 is 0 Å². The van der Waals surface area contributed by atoms with Gasteiger partial charge in [0.05, 0.1) is 31.8 Å². The number of ether oxygens (including phenoxy) is 1. The third kappa shape index (κ3) is 3.06. The summed E-state index contributed by atoms with van der Waals surface area (Å²) in [5.74, 6) is 0.109. The zero-order valence-electron chi connectivity index (χ0n) is 9.83. The van der Waals surface area contributed by atoms with Crippen LogP contribution in [0.4, 0.5) is 0 Å². The molecule has 1 N–H and O–H groups in total. The predicted molar refractivity (Wildman–Crippen MR) is 66.0 cm³/mol. The van der Waals surface area contributed by atoms with Crippen molar-refractivity contribution in [2.45, 2.75) is 25.5 Å². The molecule has 0 spiro atoms. The molecule has 0 bridgehead atoms. The van der Waals surface area contributed by atoms with Gasteiger partial charge < -0.3 is 14.7 Å². The van der Waals surface area contributed by atoms with Crippen molar-refractivity contribution in [3.63, 3.8) is 0 Å². The van der Waals surface area contributed by atoms with E-state index in [0.717, 1.165) is 5.56 Å². The molecule has 2 rings (SSSR count). The molecule has 4 nitrogen and oxygen atoms in total. The molecule has 1 aliphatic heterocycles. The summed E-state index contributed by atoms with van der Waals surface area (Å²) in [6.07, 6.45) is 0.198. The minimum absolute atomic E-state index is 0.0328. The zero-order chi connectivity index (χ0) is 12.3. The summed E-state index contributed by atoms with van der Waals surface area (Å²) in [6, 6.07) is 2.06. The molecule has 1 amide bonds. The van der Waals surface area contributed by atoms with Crippen molar-refractivity contribution in [1.82, 2.24) is 4.90 Å². The van der Waals surface area contributed by atoms with E-state index < -0.39 is 0 Å². The molecular formula is C12H17NO3S. The van der Waals surface area contributed by atoms with Crippen molar-refractivity contribution in [3.8, 4) is 0 Å². The fraction of sp³-hybridized carbons (Fsp3) is 0.583. The van der Waals surface area contributed by atoms with Gasteiger partial charge in [-0.15, -0.1) is 0 Å². The first-order chi connectivity index (χ1) is 8.20. The average molecular weight is 255 g/mol. The molecule has 2 unspecified atom stereocenters. The number of amides is 1. The molecule has 1 aliphatic rings. The largest absolute Gasteiger partial charge is 0.394 e.